The number of ether oxygens (including phenoxy) is 4. The van der Waals surface area contributed by atoms with Crippen LogP contribution in [-0.2, 0) is 27.5 Å². The summed E-state index contributed by atoms with van der Waals surface area (Å²) in [5, 5.41) is 6.59. The summed E-state index contributed by atoms with van der Waals surface area (Å²) in [5.74, 6) is 0.555. The molecule has 0 aliphatic rings. The SMILES string of the molecule is COc1cc(/C=N\NC(=O)[C@H](COCc2ccccc2)NC(=O)OC(C)(C)C)ccc1OCc1ccccc1. The molecule has 3 aromatic rings. The van der Waals surface area contributed by atoms with Crippen LogP contribution < -0.4 is 20.2 Å². The van der Waals surface area contributed by atoms with Crippen LogP contribution in [0.25, 0.3) is 0 Å². The van der Waals surface area contributed by atoms with Crippen molar-refractivity contribution in [3.05, 3.63) is 95.6 Å². The van der Waals surface area contributed by atoms with Crippen molar-refractivity contribution in [2.45, 2.75) is 45.6 Å². The van der Waals surface area contributed by atoms with E-state index in [9.17, 15) is 9.59 Å². The molecule has 39 heavy (non-hydrogen) atoms. The number of carbonyl (C=O) groups is 2. The highest BCUT2D eigenvalue weighted by atomic mass is 16.6. The number of alkyl carbamates (subject to hydrolysis) is 1. The van der Waals surface area contributed by atoms with Gasteiger partial charge in [0, 0.05) is 0 Å². The number of nitrogens with zero attached hydrogens (tertiary/aromatic N) is 1. The molecule has 3 aromatic carbocycles. The summed E-state index contributed by atoms with van der Waals surface area (Å²) < 4.78 is 22.3. The Hall–Kier alpha value is -4.37. The zero-order valence-corrected chi connectivity index (χ0v) is 22.7. The topological polar surface area (TPSA) is 107 Å². The maximum absolute atomic E-state index is 12.9. The number of carbonyl (C=O) groups excluding carboxylic acids is 2. The molecule has 0 aliphatic carbocycles. The molecule has 0 saturated carbocycles. The number of hydrogen-bond acceptors (Lipinski definition) is 7. The number of hydrazone groups is 1. The first-order chi connectivity index (χ1) is 18.7. The third-order valence-corrected chi connectivity index (χ3v) is 5.22. The third kappa shape index (κ3) is 10.5. The van der Waals surface area contributed by atoms with Crippen LogP contribution in [-0.4, -0.2) is 43.6 Å². The smallest absolute Gasteiger partial charge is 0.408 e. The summed E-state index contributed by atoms with van der Waals surface area (Å²) in [6.07, 6.45) is 0.738. The minimum Gasteiger partial charge on any atom is -0.493 e. The number of methoxy groups -OCH3 is 1. The van der Waals surface area contributed by atoms with Crippen molar-refractivity contribution < 1.29 is 28.5 Å². The minimum absolute atomic E-state index is 0.0727. The first kappa shape index (κ1) is 29.2. The Kier molecular flexibility index (Phi) is 10.9. The largest absolute Gasteiger partial charge is 0.493 e. The lowest BCUT2D eigenvalue weighted by Crippen LogP contribution is -2.49. The van der Waals surface area contributed by atoms with Gasteiger partial charge in [0.05, 0.1) is 26.5 Å². The molecule has 0 unspecified atom stereocenters. The molecule has 0 spiro atoms. The molecular formula is C30H35N3O6. The summed E-state index contributed by atoms with van der Waals surface area (Å²) in [7, 11) is 1.55. The molecule has 2 amide bonds. The van der Waals surface area contributed by atoms with E-state index in [0.717, 1.165) is 11.1 Å². The van der Waals surface area contributed by atoms with Gasteiger partial charge in [0.15, 0.2) is 11.5 Å². The van der Waals surface area contributed by atoms with E-state index in [1.165, 1.54) is 6.21 Å². The van der Waals surface area contributed by atoms with E-state index in [4.69, 9.17) is 18.9 Å². The average molecular weight is 534 g/mol. The molecule has 0 radical (unpaired) electrons. The Bertz CT molecular complexity index is 1230. The predicted octanol–water partition coefficient (Wildman–Crippen LogP) is 4.83. The van der Waals surface area contributed by atoms with Crippen molar-refractivity contribution in [1.29, 1.82) is 0 Å². The van der Waals surface area contributed by atoms with Crippen molar-refractivity contribution in [1.82, 2.24) is 10.7 Å². The minimum atomic E-state index is -1.02. The molecule has 0 aromatic heterocycles. The number of benzene rings is 3. The van der Waals surface area contributed by atoms with Crippen LogP contribution >= 0.6 is 0 Å². The molecule has 0 aliphatic heterocycles. The molecule has 3 rings (SSSR count). The fourth-order valence-electron chi connectivity index (χ4n) is 3.37. The van der Waals surface area contributed by atoms with Gasteiger partial charge in [0.25, 0.3) is 5.91 Å². The number of rotatable bonds is 12. The van der Waals surface area contributed by atoms with Crippen LogP contribution in [0.1, 0.15) is 37.5 Å². The van der Waals surface area contributed by atoms with Gasteiger partial charge in [-0.25, -0.2) is 10.2 Å². The van der Waals surface area contributed by atoms with Crippen LogP contribution in [0.4, 0.5) is 4.79 Å². The van der Waals surface area contributed by atoms with E-state index in [1.807, 2.05) is 60.7 Å². The quantitative estimate of drug-likeness (QED) is 0.255. The third-order valence-electron chi connectivity index (χ3n) is 5.22. The average Bonchev–Trinajstić information content (AvgIpc) is 2.91. The number of amides is 2. The molecule has 0 bridgehead atoms. The van der Waals surface area contributed by atoms with Crippen molar-refractivity contribution in [2.24, 2.45) is 5.10 Å². The monoisotopic (exact) mass is 533 g/mol. The van der Waals surface area contributed by atoms with Crippen LogP contribution in [0, 0.1) is 0 Å². The van der Waals surface area contributed by atoms with Crippen LogP contribution in [0.5, 0.6) is 11.5 Å². The second-order valence-electron chi connectivity index (χ2n) is 9.62. The second-order valence-corrected chi connectivity index (χ2v) is 9.62. The molecular weight excluding hydrogens is 498 g/mol. The van der Waals surface area contributed by atoms with Crippen LogP contribution in [0.2, 0.25) is 0 Å². The highest BCUT2D eigenvalue weighted by Crippen LogP contribution is 2.28. The Morgan fingerprint density at radius 3 is 2.15 bits per heavy atom. The van der Waals surface area contributed by atoms with E-state index >= 15 is 0 Å². The first-order valence-electron chi connectivity index (χ1n) is 12.5. The van der Waals surface area contributed by atoms with Gasteiger partial charge in [-0.2, -0.15) is 5.10 Å². The van der Waals surface area contributed by atoms with Crippen molar-refractivity contribution in [3.63, 3.8) is 0 Å². The molecule has 0 heterocycles. The summed E-state index contributed by atoms with van der Waals surface area (Å²) >= 11 is 0. The Balaban J connectivity index is 1.60. The first-order valence-corrected chi connectivity index (χ1v) is 12.5. The predicted molar refractivity (Wildman–Crippen MR) is 149 cm³/mol. The van der Waals surface area contributed by atoms with Crippen molar-refractivity contribution >= 4 is 18.2 Å². The Morgan fingerprint density at radius 2 is 1.54 bits per heavy atom. The molecule has 1 atom stereocenters. The normalized spacial score (nSPS) is 12.0. The molecule has 9 heteroatoms. The lowest BCUT2D eigenvalue weighted by Gasteiger charge is -2.22. The fourth-order valence-corrected chi connectivity index (χ4v) is 3.37. The molecule has 206 valence electrons. The zero-order chi connectivity index (χ0) is 28.1. The Labute approximate surface area is 229 Å². The second kappa shape index (κ2) is 14.5. The molecule has 2 N–H and O–H groups in total. The molecule has 0 fully saturated rings. The standard InChI is InChI=1S/C30H35N3O6/c1-30(2,3)39-29(35)32-25(21-37-19-22-11-7-5-8-12-22)28(34)33-31-18-24-15-16-26(27(17-24)36-4)38-20-23-13-9-6-10-14-23/h5-18,25H,19-21H2,1-4H3,(H,32,35)(H,33,34)/b31-18-/t25-/m0/s1. The molecule has 0 saturated heterocycles. The van der Waals surface area contributed by atoms with Crippen molar-refractivity contribution in [3.8, 4) is 11.5 Å². The summed E-state index contributed by atoms with van der Waals surface area (Å²) in [5.41, 5.74) is 4.39. The van der Waals surface area contributed by atoms with Gasteiger partial charge in [-0.15, -0.1) is 0 Å². The van der Waals surface area contributed by atoms with E-state index in [0.29, 0.717) is 23.7 Å². The number of hydrogen-bond donors (Lipinski definition) is 2. The summed E-state index contributed by atoms with van der Waals surface area (Å²) in [6, 6.07) is 23.6. The van der Waals surface area contributed by atoms with E-state index in [-0.39, 0.29) is 13.2 Å². The fraction of sp³-hybridized carbons (Fsp3) is 0.300. The highest BCUT2D eigenvalue weighted by molar-refractivity contribution is 5.87. The summed E-state index contributed by atoms with van der Waals surface area (Å²) in [6.45, 7) is 5.83. The van der Waals surface area contributed by atoms with E-state index < -0.39 is 23.6 Å². The van der Waals surface area contributed by atoms with Gasteiger partial charge >= 0.3 is 6.09 Å². The van der Waals surface area contributed by atoms with Gasteiger partial charge in [0.2, 0.25) is 0 Å². The van der Waals surface area contributed by atoms with Gasteiger partial charge in [-0.1, -0.05) is 60.7 Å². The maximum atomic E-state index is 12.9. The van der Waals surface area contributed by atoms with Crippen LogP contribution in [0.15, 0.2) is 84.0 Å². The lowest BCUT2D eigenvalue weighted by molar-refractivity contribution is -0.124. The maximum Gasteiger partial charge on any atom is 0.408 e. The van der Waals surface area contributed by atoms with E-state index in [1.54, 1.807) is 46.1 Å². The lowest BCUT2D eigenvalue weighted by atomic mass is 10.2. The van der Waals surface area contributed by atoms with Gasteiger partial charge in [-0.05, 0) is 55.7 Å². The molecule has 9 nitrogen and oxygen atoms in total. The highest BCUT2D eigenvalue weighted by Gasteiger charge is 2.24. The van der Waals surface area contributed by atoms with Gasteiger partial charge in [-0.3, -0.25) is 4.79 Å². The van der Waals surface area contributed by atoms with E-state index in [2.05, 4.69) is 15.8 Å². The zero-order valence-electron chi connectivity index (χ0n) is 22.7. The Morgan fingerprint density at radius 1 is 0.897 bits per heavy atom. The van der Waals surface area contributed by atoms with Crippen molar-refractivity contribution in [2.75, 3.05) is 13.7 Å². The van der Waals surface area contributed by atoms with Gasteiger partial charge in [0.1, 0.15) is 18.2 Å². The summed E-state index contributed by atoms with van der Waals surface area (Å²) in [4.78, 5) is 25.2. The van der Waals surface area contributed by atoms with Gasteiger partial charge < -0.3 is 24.3 Å². The number of nitrogens with one attached hydrogen (secondary N) is 2. The van der Waals surface area contributed by atoms with Crippen LogP contribution in [0.3, 0.4) is 0 Å².